The van der Waals surface area contributed by atoms with Crippen molar-refractivity contribution < 1.29 is 23.9 Å². The highest BCUT2D eigenvalue weighted by molar-refractivity contribution is 5.85. The van der Waals surface area contributed by atoms with Gasteiger partial charge in [0.1, 0.15) is 18.2 Å². The molecule has 8 nitrogen and oxygen atoms in total. The molecule has 0 aliphatic carbocycles. The van der Waals surface area contributed by atoms with Gasteiger partial charge in [0.15, 0.2) is 0 Å². The van der Waals surface area contributed by atoms with E-state index in [4.69, 9.17) is 9.47 Å². The number of hydrogen-bond donors (Lipinski definition) is 3. The van der Waals surface area contributed by atoms with E-state index in [0.29, 0.717) is 6.42 Å². The molecule has 0 aliphatic heterocycles. The third kappa shape index (κ3) is 10.5. The van der Waals surface area contributed by atoms with Gasteiger partial charge in [0.25, 0.3) is 0 Å². The van der Waals surface area contributed by atoms with Crippen LogP contribution in [0.5, 0.6) is 0 Å². The molecule has 3 amide bonds. The lowest BCUT2D eigenvalue weighted by molar-refractivity contribution is -0.122. The Hall–Kier alpha value is -3.55. The van der Waals surface area contributed by atoms with Crippen LogP contribution >= 0.6 is 0 Å². The predicted molar refractivity (Wildman–Crippen MR) is 126 cm³/mol. The zero-order chi connectivity index (χ0) is 24.3. The summed E-state index contributed by atoms with van der Waals surface area (Å²) in [5.41, 5.74) is 1.22. The van der Waals surface area contributed by atoms with Crippen LogP contribution < -0.4 is 16.0 Å². The molecule has 2 atom stereocenters. The predicted octanol–water partition coefficient (Wildman–Crippen LogP) is 3.55. The van der Waals surface area contributed by atoms with Gasteiger partial charge >= 0.3 is 12.2 Å². The van der Waals surface area contributed by atoms with E-state index in [1.807, 2.05) is 60.7 Å². The highest BCUT2D eigenvalue weighted by atomic mass is 16.6. The Bertz CT molecular complexity index is 897. The van der Waals surface area contributed by atoms with E-state index in [0.717, 1.165) is 11.1 Å². The van der Waals surface area contributed by atoms with E-state index in [1.54, 1.807) is 27.7 Å². The third-order valence-electron chi connectivity index (χ3n) is 4.51. The van der Waals surface area contributed by atoms with Crippen molar-refractivity contribution in [3.8, 4) is 0 Å². The number of nitrogens with one attached hydrogen (secondary N) is 3. The van der Waals surface area contributed by atoms with Gasteiger partial charge in [-0.2, -0.15) is 0 Å². The van der Waals surface area contributed by atoms with E-state index in [9.17, 15) is 14.4 Å². The molecule has 0 radical (unpaired) electrons. The highest BCUT2D eigenvalue weighted by Gasteiger charge is 2.22. The SMILES string of the molecule is C[C@@H](NC(=O)OCc1ccccc1)C(=O)NC[C@@H](Cc1ccccc1)NC(=O)OC(C)(C)C. The van der Waals surface area contributed by atoms with Crippen LogP contribution in [0.2, 0.25) is 0 Å². The van der Waals surface area contributed by atoms with Gasteiger partial charge in [-0.05, 0) is 45.2 Å². The standard InChI is InChI=1S/C25H33N3O5/c1-18(27-23(30)32-17-20-13-9-6-10-14-20)22(29)26-16-21(15-19-11-7-5-8-12-19)28-24(31)33-25(2,3)4/h5-14,18,21H,15-17H2,1-4H3,(H,26,29)(H,27,30)(H,28,31)/t18-,21-/m1/s1. The fourth-order valence-corrected chi connectivity index (χ4v) is 2.93. The van der Waals surface area contributed by atoms with Crippen LogP contribution in [0, 0.1) is 0 Å². The lowest BCUT2D eigenvalue weighted by Gasteiger charge is -2.24. The van der Waals surface area contributed by atoms with Crippen LogP contribution in [0.3, 0.4) is 0 Å². The van der Waals surface area contributed by atoms with Gasteiger partial charge in [0, 0.05) is 6.54 Å². The Balaban J connectivity index is 1.86. The van der Waals surface area contributed by atoms with Crippen LogP contribution in [0.15, 0.2) is 60.7 Å². The first-order chi connectivity index (χ1) is 15.6. The van der Waals surface area contributed by atoms with E-state index in [2.05, 4.69) is 16.0 Å². The van der Waals surface area contributed by atoms with Gasteiger partial charge in [-0.1, -0.05) is 60.7 Å². The molecule has 178 valence electrons. The lowest BCUT2D eigenvalue weighted by atomic mass is 10.1. The minimum Gasteiger partial charge on any atom is -0.445 e. The minimum atomic E-state index is -0.813. The molecule has 33 heavy (non-hydrogen) atoms. The Morgan fingerprint density at radius 2 is 1.42 bits per heavy atom. The summed E-state index contributed by atoms with van der Waals surface area (Å²) in [7, 11) is 0. The summed E-state index contributed by atoms with van der Waals surface area (Å²) in [6.45, 7) is 7.19. The van der Waals surface area contributed by atoms with Crippen LogP contribution in [0.1, 0.15) is 38.8 Å². The van der Waals surface area contributed by atoms with E-state index < -0.39 is 35.8 Å². The summed E-state index contributed by atoms with van der Waals surface area (Å²) in [5, 5.41) is 8.09. The topological polar surface area (TPSA) is 106 Å². The molecule has 3 N–H and O–H groups in total. The highest BCUT2D eigenvalue weighted by Crippen LogP contribution is 2.08. The molecule has 2 rings (SSSR count). The second kappa shape index (κ2) is 12.5. The molecular weight excluding hydrogens is 422 g/mol. The third-order valence-corrected chi connectivity index (χ3v) is 4.51. The van der Waals surface area contributed by atoms with Gasteiger partial charge in [-0.15, -0.1) is 0 Å². The normalized spacial score (nSPS) is 12.7. The second-order valence-corrected chi connectivity index (χ2v) is 8.71. The van der Waals surface area contributed by atoms with Crippen molar-refractivity contribution in [3.05, 3.63) is 71.8 Å². The fourth-order valence-electron chi connectivity index (χ4n) is 2.93. The summed E-state index contributed by atoms with van der Waals surface area (Å²) >= 11 is 0. The molecule has 2 aromatic carbocycles. The Morgan fingerprint density at radius 3 is 2.00 bits per heavy atom. The molecule has 0 aromatic heterocycles. The molecule has 0 unspecified atom stereocenters. The summed E-state index contributed by atoms with van der Waals surface area (Å²) < 4.78 is 10.5. The summed E-state index contributed by atoms with van der Waals surface area (Å²) in [6.07, 6.45) is -0.746. The number of alkyl carbamates (subject to hydrolysis) is 2. The van der Waals surface area contributed by atoms with Crippen LogP contribution in [-0.2, 0) is 27.3 Å². The van der Waals surface area contributed by atoms with Crippen molar-refractivity contribution in [2.24, 2.45) is 0 Å². The van der Waals surface area contributed by atoms with Crippen LogP contribution in [0.4, 0.5) is 9.59 Å². The zero-order valence-corrected chi connectivity index (χ0v) is 19.6. The van der Waals surface area contributed by atoms with Crippen molar-refractivity contribution in [3.63, 3.8) is 0 Å². The monoisotopic (exact) mass is 455 g/mol. The number of amides is 3. The molecular formula is C25H33N3O5. The molecule has 0 aliphatic rings. The van der Waals surface area contributed by atoms with Crippen molar-refractivity contribution in [1.29, 1.82) is 0 Å². The average molecular weight is 456 g/mol. The first-order valence-corrected chi connectivity index (χ1v) is 10.9. The van der Waals surface area contributed by atoms with Gasteiger partial charge in [-0.25, -0.2) is 9.59 Å². The number of benzene rings is 2. The quantitative estimate of drug-likeness (QED) is 0.536. The maximum absolute atomic E-state index is 12.5. The zero-order valence-electron chi connectivity index (χ0n) is 19.6. The van der Waals surface area contributed by atoms with Crippen molar-refractivity contribution >= 4 is 18.1 Å². The van der Waals surface area contributed by atoms with E-state index >= 15 is 0 Å². The maximum atomic E-state index is 12.5. The molecule has 2 aromatic rings. The number of carbonyl (C=O) groups excluding carboxylic acids is 3. The van der Waals surface area contributed by atoms with Crippen LogP contribution in [-0.4, -0.2) is 42.3 Å². The summed E-state index contributed by atoms with van der Waals surface area (Å²) in [4.78, 5) is 36.8. The summed E-state index contributed by atoms with van der Waals surface area (Å²) in [6, 6.07) is 17.7. The fraction of sp³-hybridized carbons (Fsp3) is 0.400. The number of rotatable bonds is 9. The Labute approximate surface area is 195 Å². The Morgan fingerprint density at radius 1 is 0.848 bits per heavy atom. The molecule has 0 spiro atoms. The van der Waals surface area contributed by atoms with E-state index in [-0.39, 0.29) is 13.2 Å². The molecule has 0 saturated carbocycles. The maximum Gasteiger partial charge on any atom is 0.408 e. The van der Waals surface area contributed by atoms with Crippen molar-refractivity contribution in [2.75, 3.05) is 6.54 Å². The number of hydrogen-bond acceptors (Lipinski definition) is 5. The smallest absolute Gasteiger partial charge is 0.408 e. The molecule has 0 saturated heterocycles. The minimum absolute atomic E-state index is 0.111. The Kier molecular flexibility index (Phi) is 9.72. The molecule has 0 bridgehead atoms. The van der Waals surface area contributed by atoms with Crippen LogP contribution in [0.25, 0.3) is 0 Å². The van der Waals surface area contributed by atoms with Gasteiger partial charge in [-0.3, -0.25) is 4.79 Å². The van der Waals surface area contributed by atoms with Gasteiger partial charge in [0.2, 0.25) is 5.91 Å². The molecule has 8 heteroatoms. The second-order valence-electron chi connectivity index (χ2n) is 8.71. The summed E-state index contributed by atoms with van der Waals surface area (Å²) in [5.74, 6) is -0.393. The first kappa shape index (κ1) is 25.7. The van der Waals surface area contributed by atoms with Gasteiger partial charge in [0.05, 0.1) is 6.04 Å². The van der Waals surface area contributed by atoms with Crippen molar-refractivity contribution in [1.82, 2.24) is 16.0 Å². The molecule has 0 heterocycles. The molecule has 0 fully saturated rings. The number of carbonyl (C=O) groups is 3. The first-order valence-electron chi connectivity index (χ1n) is 10.9. The average Bonchev–Trinajstić information content (AvgIpc) is 2.76. The largest absolute Gasteiger partial charge is 0.445 e. The van der Waals surface area contributed by atoms with Gasteiger partial charge < -0.3 is 25.4 Å². The lowest BCUT2D eigenvalue weighted by Crippen LogP contribution is -2.50. The van der Waals surface area contributed by atoms with Crippen molar-refractivity contribution in [2.45, 2.75) is 58.4 Å². The van der Waals surface area contributed by atoms with E-state index in [1.165, 1.54) is 0 Å². The number of ether oxygens (including phenoxy) is 2.